The van der Waals surface area contributed by atoms with Crippen molar-refractivity contribution in [1.29, 1.82) is 0 Å². The maximum absolute atomic E-state index is 12.7. The van der Waals surface area contributed by atoms with E-state index in [1.807, 2.05) is 37.4 Å². The van der Waals surface area contributed by atoms with Crippen molar-refractivity contribution in [3.63, 3.8) is 0 Å². The van der Waals surface area contributed by atoms with Crippen molar-refractivity contribution < 1.29 is 8.42 Å². The van der Waals surface area contributed by atoms with E-state index in [9.17, 15) is 8.42 Å². The van der Waals surface area contributed by atoms with Crippen LogP contribution in [-0.2, 0) is 23.1 Å². The molecule has 0 fully saturated rings. The van der Waals surface area contributed by atoms with Gasteiger partial charge >= 0.3 is 0 Å². The van der Waals surface area contributed by atoms with Crippen LogP contribution < -0.4 is 0 Å². The summed E-state index contributed by atoms with van der Waals surface area (Å²) in [4.78, 5) is 0.412. The smallest absolute Gasteiger partial charge is 0.243 e. The SMILES string of the molecule is Cc1ccccc1S(=O)(=O)N1CCn2cccc2C1. The van der Waals surface area contributed by atoms with Crippen LogP contribution in [0.5, 0.6) is 0 Å². The van der Waals surface area contributed by atoms with Gasteiger partial charge in [-0.2, -0.15) is 4.31 Å². The Hall–Kier alpha value is -1.59. The van der Waals surface area contributed by atoms with Crippen molar-refractivity contribution >= 4 is 10.0 Å². The Bertz CT molecular complexity index is 704. The fourth-order valence-electron chi connectivity index (χ4n) is 2.48. The quantitative estimate of drug-likeness (QED) is 0.842. The molecule has 0 aliphatic carbocycles. The molecular formula is C14H16N2O2S. The fourth-order valence-corrected chi connectivity index (χ4v) is 4.11. The zero-order chi connectivity index (χ0) is 13.5. The van der Waals surface area contributed by atoms with Gasteiger partial charge in [0.1, 0.15) is 0 Å². The van der Waals surface area contributed by atoms with E-state index in [2.05, 4.69) is 4.57 Å². The molecule has 4 nitrogen and oxygen atoms in total. The highest BCUT2D eigenvalue weighted by atomic mass is 32.2. The largest absolute Gasteiger partial charge is 0.349 e. The number of sulfonamides is 1. The van der Waals surface area contributed by atoms with Gasteiger partial charge in [0.05, 0.1) is 11.4 Å². The van der Waals surface area contributed by atoms with Crippen LogP contribution in [0.15, 0.2) is 47.5 Å². The summed E-state index contributed by atoms with van der Waals surface area (Å²) < 4.78 is 29.0. The van der Waals surface area contributed by atoms with Gasteiger partial charge in [-0.1, -0.05) is 18.2 Å². The highest BCUT2D eigenvalue weighted by Gasteiger charge is 2.28. The van der Waals surface area contributed by atoms with E-state index in [1.165, 1.54) is 0 Å². The first-order valence-corrected chi connectivity index (χ1v) is 7.73. The van der Waals surface area contributed by atoms with Crippen molar-refractivity contribution in [3.8, 4) is 0 Å². The van der Waals surface area contributed by atoms with Crippen molar-refractivity contribution in [2.24, 2.45) is 0 Å². The minimum atomic E-state index is -3.39. The maximum atomic E-state index is 12.7. The number of rotatable bonds is 2. The van der Waals surface area contributed by atoms with Crippen molar-refractivity contribution in [3.05, 3.63) is 53.9 Å². The summed E-state index contributed by atoms with van der Waals surface area (Å²) in [6.45, 7) is 3.52. The Balaban J connectivity index is 1.97. The Morgan fingerprint density at radius 3 is 2.63 bits per heavy atom. The molecule has 5 heteroatoms. The molecule has 0 amide bonds. The second-order valence-corrected chi connectivity index (χ2v) is 6.70. The number of hydrogen-bond donors (Lipinski definition) is 0. The standard InChI is InChI=1S/C14H16N2O2S/c1-12-5-2-3-7-14(12)19(17,18)16-10-9-15-8-4-6-13(15)11-16/h2-8H,9-11H2,1H3. The highest BCUT2D eigenvalue weighted by Crippen LogP contribution is 2.23. The van der Waals surface area contributed by atoms with Crippen LogP contribution >= 0.6 is 0 Å². The predicted molar refractivity (Wildman–Crippen MR) is 73.2 cm³/mol. The lowest BCUT2D eigenvalue weighted by Gasteiger charge is -2.28. The third kappa shape index (κ3) is 2.09. The average Bonchev–Trinajstić information content (AvgIpc) is 2.86. The maximum Gasteiger partial charge on any atom is 0.243 e. The van der Waals surface area contributed by atoms with Gasteiger partial charge in [-0.05, 0) is 30.7 Å². The minimum Gasteiger partial charge on any atom is -0.349 e. The summed E-state index contributed by atoms with van der Waals surface area (Å²) in [5.41, 5.74) is 1.84. The van der Waals surface area contributed by atoms with E-state index in [-0.39, 0.29) is 0 Å². The van der Waals surface area contributed by atoms with E-state index in [1.54, 1.807) is 16.4 Å². The normalized spacial score (nSPS) is 16.3. The molecular weight excluding hydrogens is 260 g/mol. The lowest BCUT2D eigenvalue weighted by molar-refractivity contribution is 0.341. The lowest BCUT2D eigenvalue weighted by atomic mass is 10.2. The first kappa shape index (κ1) is 12.4. The molecule has 0 saturated heterocycles. The van der Waals surface area contributed by atoms with Crippen molar-refractivity contribution in [1.82, 2.24) is 8.87 Å². The number of hydrogen-bond acceptors (Lipinski definition) is 2. The van der Waals surface area contributed by atoms with E-state index in [0.29, 0.717) is 24.5 Å². The molecule has 1 aliphatic heterocycles. The van der Waals surface area contributed by atoms with Crippen LogP contribution in [0.3, 0.4) is 0 Å². The van der Waals surface area contributed by atoms with Gasteiger partial charge < -0.3 is 4.57 Å². The number of fused-ring (bicyclic) bond motifs is 1. The molecule has 0 spiro atoms. The first-order valence-electron chi connectivity index (χ1n) is 6.29. The van der Waals surface area contributed by atoms with Crippen LogP contribution in [0.4, 0.5) is 0 Å². The minimum absolute atomic E-state index is 0.412. The van der Waals surface area contributed by atoms with Crippen LogP contribution in [-0.4, -0.2) is 23.8 Å². The van der Waals surface area contributed by atoms with Crippen LogP contribution in [0, 0.1) is 6.92 Å². The second-order valence-electron chi connectivity index (χ2n) is 4.80. The summed E-state index contributed by atoms with van der Waals surface area (Å²) >= 11 is 0. The molecule has 19 heavy (non-hydrogen) atoms. The molecule has 1 aromatic heterocycles. The van der Waals surface area contributed by atoms with Gasteiger partial charge in [0.15, 0.2) is 0 Å². The summed E-state index contributed by atoms with van der Waals surface area (Å²) in [5, 5.41) is 0. The van der Waals surface area contributed by atoms with Crippen LogP contribution in [0.2, 0.25) is 0 Å². The molecule has 0 atom stereocenters. The van der Waals surface area contributed by atoms with Gasteiger partial charge in [0.25, 0.3) is 0 Å². The van der Waals surface area contributed by atoms with Crippen LogP contribution in [0.25, 0.3) is 0 Å². The van der Waals surface area contributed by atoms with Crippen LogP contribution in [0.1, 0.15) is 11.3 Å². The zero-order valence-electron chi connectivity index (χ0n) is 10.8. The molecule has 0 unspecified atom stereocenters. The van der Waals surface area contributed by atoms with Gasteiger partial charge in [-0.25, -0.2) is 8.42 Å². The fraction of sp³-hybridized carbons (Fsp3) is 0.286. The molecule has 2 aromatic rings. The first-order chi connectivity index (χ1) is 9.09. The van der Waals surface area contributed by atoms with Crippen molar-refractivity contribution in [2.75, 3.05) is 6.54 Å². The Morgan fingerprint density at radius 2 is 1.84 bits per heavy atom. The molecule has 1 aliphatic rings. The lowest BCUT2D eigenvalue weighted by Crippen LogP contribution is -2.38. The van der Waals surface area contributed by atoms with Gasteiger partial charge in [0, 0.05) is 25.0 Å². The Morgan fingerprint density at radius 1 is 1.05 bits per heavy atom. The number of benzene rings is 1. The second kappa shape index (κ2) is 4.51. The highest BCUT2D eigenvalue weighted by molar-refractivity contribution is 7.89. The third-order valence-corrected chi connectivity index (χ3v) is 5.57. The molecule has 0 bridgehead atoms. The average molecular weight is 276 g/mol. The summed E-state index contributed by atoms with van der Waals surface area (Å²) in [7, 11) is -3.39. The zero-order valence-corrected chi connectivity index (χ0v) is 11.6. The predicted octanol–water partition coefficient (Wildman–Crippen LogP) is 2.00. The third-order valence-electron chi connectivity index (χ3n) is 3.56. The van der Waals surface area contributed by atoms with E-state index >= 15 is 0 Å². The number of aromatic nitrogens is 1. The van der Waals surface area contributed by atoms with E-state index in [0.717, 1.165) is 11.3 Å². The summed E-state index contributed by atoms with van der Waals surface area (Å²) in [5.74, 6) is 0. The number of aryl methyl sites for hydroxylation is 1. The van der Waals surface area contributed by atoms with Crippen molar-refractivity contribution in [2.45, 2.75) is 24.9 Å². The molecule has 100 valence electrons. The molecule has 3 rings (SSSR count). The summed E-state index contributed by atoms with van der Waals surface area (Å²) in [6, 6.07) is 11.1. The van der Waals surface area contributed by atoms with Gasteiger partial charge in [-0.3, -0.25) is 0 Å². The Labute approximate surface area is 113 Å². The van der Waals surface area contributed by atoms with Gasteiger partial charge in [-0.15, -0.1) is 0 Å². The molecule has 2 heterocycles. The molecule has 1 aromatic carbocycles. The number of nitrogens with zero attached hydrogens (tertiary/aromatic N) is 2. The van der Waals surface area contributed by atoms with E-state index < -0.39 is 10.0 Å². The van der Waals surface area contributed by atoms with Gasteiger partial charge in [0.2, 0.25) is 10.0 Å². The molecule has 0 saturated carbocycles. The Kier molecular flexibility index (Phi) is 2.95. The summed E-state index contributed by atoms with van der Waals surface area (Å²) in [6.07, 6.45) is 1.99. The topological polar surface area (TPSA) is 42.3 Å². The van der Waals surface area contributed by atoms with E-state index in [4.69, 9.17) is 0 Å². The monoisotopic (exact) mass is 276 g/mol. The molecule has 0 N–H and O–H groups in total. The molecule has 0 radical (unpaired) electrons.